The van der Waals surface area contributed by atoms with E-state index in [0.717, 1.165) is 37.2 Å². The van der Waals surface area contributed by atoms with Crippen LogP contribution in [0.2, 0.25) is 0 Å². The molecule has 3 atom stereocenters. The number of aliphatic carboxylic acids is 1. The minimum absolute atomic E-state index is 0.0844. The Balaban J connectivity index is 0.000000447. The maximum atomic E-state index is 11.9. The summed E-state index contributed by atoms with van der Waals surface area (Å²) >= 11 is 0. The standard InChI is InChI=1S/C16H20N4O2.C2H4O2/c1-9-12(7-17-9)5-11-3-4-14-13(6-11)20-10(2)16(21)19-18-15(20)8-22-14;1-2(3)4/h3-4,6,9-10,12,17H,5,7-8H2,1-2H3,(H,19,21);1H3,(H,3,4). The molecule has 140 valence electrons. The number of nitrogens with zero attached hydrogens (tertiary/aromatic N) is 2. The van der Waals surface area contributed by atoms with Crippen molar-refractivity contribution in [3.63, 3.8) is 0 Å². The number of nitrogens with one attached hydrogen (secondary N) is 2. The fourth-order valence-electron chi connectivity index (χ4n) is 3.27. The minimum atomic E-state index is -0.833. The highest BCUT2D eigenvalue weighted by Gasteiger charge is 2.35. The predicted molar refractivity (Wildman–Crippen MR) is 97.4 cm³/mol. The number of carbonyl (C=O) groups is 2. The molecule has 8 nitrogen and oxygen atoms in total. The summed E-state index contributed by atoms with van der Waals surface area (Å²) in [6.07, 6.45) is 1.04. The molecule has 26 heavy (non-hydrogen) atoms. The topological polar surface area (TPSA) is 103 Å². The van der Waals surface area contributed by atoms with E-state index in [9.17, 15) is 4.79 Å². The van der Waals surface area contributed by atoms with Crippen molar-refractivity contribution >= 4 is 23.4 Å². The quantitative estimate of drug-likeness (QED) is 0.726. The Kier molecular flexibility index (Phi) is 5.13. The highest BCUT2D eigenvalue weighted by atomic mass is 16.5. The predicted octanol–water partition coefficient (Wildman–Crippen LogP) is 0.959. The van der Waals surface area contributed by atoms with Crippen LogP contribution in [-0.4, -0.2) is 48.1 Å². The number of benzene rings is 1. The third-order valence-electron chi connectivity index (χ3n) is 4.89. The number of amidine groups is 1. The second kappa shape index (κ2) is 7.33. The first-order valence-electron chi connectivity index (χ1n) is 8.71. The number of rotatable bonds is 2. The molecule has 8 heteroatoms. The molecule has 1 amide bonds. The number of carbonyl (C=O) groups excluding carboxylic acids is 1. The smallest absolute Gasteiger partial charge is 0.300 e. The molecule has 0 aromatic heterocycles. The molecule has 4 rings (SSSR count). The number of fused-ring (bicyclic) bond motifs is 3. The molecule has 0 aliphatic carbocycles. The first kappa shape index (κ1) is 18.2. The van der Waals surface area contributed by atoms with Crippen LogP contribution in [0.1, 0.15) is 26.3 Å². The molecule has 0 bridgehead atoms. The molecule has 1 fully saturated rings. The maximum absolute atomic E-state index is 11.9. The Morgan fingerprint density at radius 1 is 1.42 bits per heavy atom. The van der Waals surface area contributed by atoms with E-state index < -0.39 is 5.97 Å². The van der Waals surface area contributed by atoms with Gasteiger partial charge in [-0.05, 0) is 43.9 Å². The van der Waals surface area contributed by atoms with E-state index in [1.54, 1.807) is 0 Å². The van der Waals surface area contributed by atoms with E-state index in [0.29, 0.717) is 18.6 Å². The number of hydrogen-bond donors (Lipinski definition) is 3. The van der Waals surface area contributed by atoms with E-state index in [2.05, 4.69) is 34.9 Å². The Morgan fingerprint density at radius 3 is 2.77 bits per heavy atom. The number of ether oxygens (including phenoxy) is 1. The van der Waals surface area contributed by atoms with Crippen molar-refractivity contribution < 1.29 is 19.4 Å². The SMILES string of the molecule is CC(=O)O.CC1NCC1Cc1ccc2c(c1)N1C(=NNC(=O)C1C)CO2. The summed E-state index contributed by atoms with van der Waals surface area (Å²) in [6.45, 7) is 6.66. The second-order valence-corrected chi connectivity index (χ2v) is 6.82. The van der Waals surface area contributed by atoms with Crippen LogP contribution in [0.15, 0.2) is 23.3 Å². The molecule has 3 aliphatic rings. The third kappa shape index (κ3) is 3.65. The zero-order chi connectivity index (χ0) is 18.8. The Morgan fingerprint density at radius 2 is 2.15 bits per heavy atom. The zero-order valence-corrected chi connectivity index (χ0v) is 15.2. The van der Waals surface area contributed by atoms with Crippen LogP contribution in [0.4, 0.5) is 5.69 Å². The molecule has 1 aromatic carbocycles. The summed E-state index contributed by atoms with van der Waals surface area (Å²) < 4.78 is 5.76. The van der Waals surface area contributed by atoms with E-state index in [1.165, 1.54) is 5.56 Å². The van der Waals surface area contributed by atoms with Crippen LogP contribution in [-0.2, 0) is 16.0 Å². The lowest BCUT2D eigenvalue weighted by Crippen LogP contribution is -2.55. The van der Waals surface area contributed by atoms with Crippen LogP contribution in [0.3, 0.4) is 0 Å². The molecule has 1 aromatic rings. The molecule has 3 unspecified atom stereocenters. The molecular weight excluding hydrogens is 336 g/mol. The van der Waals surface area contributed by atoms with Gasteiger partial charge in [0.25, 0.3) is 11.9 Å². The van der Waals surface area contributed by atoms with Gasteiger partial charge in [-0.15, -0.1) is 0 Å². The number of carboxylic acid groups (broad SMARTS) is 1. The summed E-state index contributed by atoms with van der Waals surface area (Å²) in [4.78, 5) is 22.9. The number of anilines is 1. The van der Waals surface area contributed by atoms with Gasteiger partial charge in [-0.2, -0.15) is 5.10 Å². The largest absolute Gasteiger partial charge is 0.483 e. The summed E-state index contributed by atoms with van der Waals surface area (Å²) in [5.41, 5.74) is 4.78. The molecule has 0 radical (unpaired) electrons. The van der Waals surface area contributed by atoms with Crippen LogP contribution in [0.5, 0.6) is 5.75 Å². The first-order chi connectivity index (χ1) is 12.4. The van der Waals surface area contributed by atoms with Crippen molar-refractivity contribution in [2.45, 2.75) is 39.3 Å². The lowest BCUT2D eigenvalue weighted by atomic mass is 9.87. The van der Waals surface area contributed by atoms with E-state index in [1.807, 2.05) is 17.9 Å². The molecule has 1 saturated heterocycles. The summed E-state index contributed by atoms with van der Waals surface area (Å²) in [7, 11) is 0. The van der Waals surface area contributed by atoms with Crippen LogP contribution in [0, 0.1) is 5.92 Å². The second-order valence-electron chi connectivity index (χ2n) is 6.82. The molecular formula is C18H24N4O4. The van der Waals surface area contributed by atoms with Crippen LogP contribution in [0.25, 0.3) is 0 Å². The van der Waals surface area contributed by atoms with Crippen molar-refractivity contribution in [1.29, 1.82) is 0 Å². The number of hydrogen-bond acceptors (Lipinski definition) is 6. The zero-order valence-electron chi connectivity index (χ0n) is 15.2. The van der Waals surface area contributed by atoms with Gasteiger partial charge in [0.15, 0.2) is 5.84 Å². The fourth-order valence-corrected chi connectivity index (χ4v) is 3.27. The van der Waals surface area contributed by atoms with Crippen molar-refractivity contribution in [2.24, 2.45) is 11.0 Å². The normalized spacial score (nSPS) is 26.0. The summed E-state index contributed by atoms with van der Waals surface area (Å²) in [5, 5.41) is 14.9. The molecule has 3 N–H and O–H groups in total. The van der Waals surface area contributed by atoms with Crippen LogP contribution < -0.4 is 20.4 Å². The highest BCUT2D eigenvalue weighted by molar-refractivity contribution is 6.09. The van der Waals surface area contributed by atoms with Gasteiger partial charge in [-0.1, -0.05) is 6.07 Å². The Bertz CT molecular complexity index is 745. The molecule has 3 heterocycles. The van der Waals surface area contributed by atoms with Gasteiger partial charge >= 0.3 is 0 Å². The average molecular weight is 360 g/mol. The number of amides is 1. The summed E-state index contributed by atoms with van der Waals surface area (Å²) in [6, 6.07) is 6.58. The van der Waals surface area contributed by atoms with Crippen molar-refractivity contribution in [3.8, 4) is 5.75 Å². The van der Waals surface area contributed by atoms with Crippen molar-refractivity contribution in [1.82, 2.24) is 10.7 Å². The van der Waals surface area contributed by atoms with Crippen molar-refractivity contribution in [2.75, 3.05) is 18.1 Å². The molecule has 0 saturated carbocycles. The van der Waals surface area contributed by atoms with Gasteiger partial charge in [0, 0.05) is 19.5 Å². The third-order valence-corrected chi connectivity index (χ3v) is 4.89. The van der Waals surface area contributed by atoms with Gasteiger partial charge < -0.3 is 20.1 Å². The lowest BCUT2D eigenvalue weighted by Gasteiger charge is -2.39. The molecule has 0 spiro atoms. The maximum Gasteiger partial charge on any atom is 0.300 e. The van der Waals surface area contributed by atoms with Gasteiger partial charge in [0.05, 0.1) is 5.69 Å². The fraction of sp³-hybridized carbons (Fsp3) is 0.500. The number of hydrazone groups is 1. The van der Waals surface area contributed by atoms with E-state index >= 15 is 0 Å². The van der Waals surface area contributed by atoms with Gasteiger partial charge in [-0.3, -0.25) is 9.59 Å². The lowest BCUT2D eigenvalue weighted by molar-refractivity contribution is -0.134. The Hall–Kier alpha value is -2.61. The van der Waals surface area contributed by atoms with Crippen LogP contribution >= 0.6 is 0 Å². The minimum Gasteiger partial charge on any atom is -0.483 e. The Labute approximate surface area is 152 Å². The van der Waals surface area contributed by atoms with Gasteiger partial charge in [-0.25, -0.2) is 5.43 Å². The highest BCUT2D eigenvalue weighted by Crippen LogP contribution is 2.36. The van der Waals surface area contributed by atoms with E-state index in [4.69, 9.17) is 14.6 Å². The van der Waals surface area contributed by atoms with Gasteiger partial charge in [0.1, 0.15) is 18.4 Å². The summed E-state index contributed by atoms with van der Waals surface area (Å²) in [5.74, 6) is 1.34. The molecule has 3 aliphatic heterocycles. The monoisotopic (exact) mass is 360 g/mol. The average Bonchev–Trinajstić information content (AvgIpc) is 2.60. The number of carboxylic acids is 1. The van der Waals surface area contributed by atoms with Crippen molar-refractivity contribution in [3.05, 3.63) is 23.8 Å². The first-order valence-corrected chi connectivity index (χ1v) is 8.71. The van der Waals surface area contributed by atoms with Gasteiger partial charge in [0.2, 0.25) is 0 Å². The van der Waals surface area contributed by atoms with E-state index in [-0.39, 0.29) is 11.9 Å².